The average Bonchev–Trinajstić information content (AvgIpc) is 2.45. The number of hydrogen-bond donors (Lipinski definition) is 1. The molecule has 19 heavy (non-hydrogen) atoms. The molecule has 0 aliphatic heterocycles. The lowest BCUT2D eigenvalue weighted by molar-refractivity contribution is 1.27. The number of anilines is 1. The third-order valence-electron chi connectivity index (χ3n) is 2.67. The van der Waals surface area contributed by atoms with E-state index >= 15 is 0 Å². The first-order valence-electron chi connectivity index (χ1n) is 6.14. The molecule has 2 aromatic carbocycles. The second-order valence-corrected chi connectivity index (χ2v) is 4.70. The molecule has 0 amide bonds. The van der Waals surface area contributed by atoms with Gasteiger partial charge in [-0.25, -0.2) is 0 Å². The highest BCUT2D eigenvalue weighted by atomic mass is 35.5. The highest BCUT2D eigenvalue weighted by Gasteiger charge is 1.92. The maximum atomic E-state index is 5.84. The maximum absolute atomic E-state index is 5.84. The van der Waals surface area contributed by atoms with E-state index in [1.807, 2.05) is 66.7 Å². The number of halogens is 1. The van der Waals surface area contributed by atoms with Gasteiger partial charge >= 0.3 is 0 Å². The third kappa shape index (κ3) is 4.65. The molecule has 2 heteroatoms. The van der Waals surface area contributed by atoms with Crippen LogP contribution in [0.5, 0.6) is 0 Å². The van der Waals surface area contributed by atoms with Crippen LogP contribution in [0.1, 0.15) is 5.56 Å². The van der Waals surface area contributed by atoms with Crippen molar-refractivity contribution in [2.75, 3.05) is 11.9 Å². The van der Waals surface area contributed by atoms with Crippen molar-refractivity contribution >= 4 is 23.4 Å². The highest BCUT2D eigenvalue weighted by Crippen LogP contribution is 2.12. The summed E-state index contributed by atoms with van der Waals surface area (Å²) in [5, 5.41) is 4.07. The molecule has 0 spiro atoms. The third-order valence-corrected chi connectivity index (χ3v) is 2.93. The molecule has 0 aromatic heterocycles. The van der Waals surface area contributed by atoms with E-state index in [0.29, 0.717) is 0 Å². The van der Waals surface area contributed by atoms with Crippen LogP contribution in [0.4, 0.5) is 5.69 Å². The lowest BCUT2D eigenvalue weighted by Gasteiger charge is -2.05. The Morgan fingerprint density at radius 2 is 1.74 bits per heavy atom. The molecule has 2 aromatic rings. The number of para-hydroxylation sites is 1. The van der Waals surface area contributed by atoms with Gasteiger partial charge in [0.25, 0.3) is 0 Å². The monoisotopic (exact) mass is 269 g/mol. The zero-order valence-corrected chi connectivity index (χ0v) is 11.4. The van der Waals surface area contributed by atoms with Gasteiger partial charge in [-0.05, 0) is 35.4 Å². The Bertz CT molecular complexity index is 556. The lowest BCUT2D eigenvalue weighted by atomic mass is 10.1. The van der Waals surface area contributed by atoms with Crippen LogP contribution in [-0.4, -0.2) is 6.54 Å². The predicted octanol–water partition coefficient (Wildman–Crippen LogP) is 5.02. The second-order valence-electron chi connectivity index (χ2n) is 4.26. The van der Waals surface area contributed by atoms with Crippen molar-refractivity contribution in [2.45, 2.75) is 0 Å². The van der Waals surface area contributed by atoms with Gasteiger partial charge in [0.05, 0.1) is 0 Å². The summed E-state index contributed by atoms with van der Waals surface area (Å²) in [6.45, 7) is 4.76. The largest absolute Gasteiger partial charge is 0.381 e. The molecule has 0 aliphatic rings. The van der Waals surface area contributed by atoms with E-state index in [4.69, 9.17) is 11.6 Å². The average molecular weight is 270 g/mol. The molecule has 0 saturated heterocycles. The Hall–Kier alpha value is -1.99. The summed E-state index contributed by atoms with van der Waals surface area (Å²) in [7, 11) is 0. The van der Waals surface area contributed by atoms with Gasteiger partial charge in [-0.2, -0.15) is 0 Å². The van der Waals surface area contributed by atoms with E-state index < -0.39 is 0 Å². The van der Waals surface area contributed by atoms with E-state index in [1.165, 1.54) is 0 Å². The van der Waals surface area contributed by atoms with Crippen molar-refractivity contribution in [1.82, 2.24) is 0 Å². The lowest BCUT2D eigenvalue weighted by Crippen LogP contribution is -2.01. The van der Waals surface area contributed by atoms with Gasteiger partial charge in [0.15, 0.2) is 0 Å². The fourth-order valence-electron chi connectivity index (χ4n) is 1.62. The van der Waals surface area contributed by atoms with E-state index in [-0.39, 0.29) is 0 Å². The van der Waals surface area contributed by atoms with Crippen molar-refractivity contribution in [1.29, 1.82) is 0 Å². The van der Waals surface area contributed by atoms with Crippen LogP contribution in [0.15, 0.2) is 72.8 Å². The maximum Gasteiger partial charge on any atom is 0.0406 e. The van der Waals surface area contributed by atoms with E-state index in [1.54, 1.807) is 0 Å². The van der Waals surface area contributed by atoms with Gasteiger partial charge in [-0.3, -0.25) is 0 Å². The molecule has 0 heterocycles. The summed E-state index contributed by atoms with van der Waals surface area (Å²) in [6, 6.07) is 17.8. The Balaban J connectivity index is 1.86. The minimum atomic E-state index is 0.730. The Labute approximate surface area is 119 Å². The molecular formula is C17H16ClN. The number of benzene rings is 2. The number of nitrogens with one attached hydrogen (secondary N) is 1. The highest BCUT2D eigenvalue weighted by molar-refractivity contribution is 6.30. The smallest absolute Gasteiger partial charge is 0.0406 e. The Morgan fingerprint density at radius 3 is 2.42 bits per heavy atom. The zero-order valence-electron chi connectivity index (χ0n) is 10.6. The second kappa shape index (κ2) is 6.81. The van der Waals surface area contributed by atoms with Gasteiger partial charge in [-0.15, -0.1) is 0 Å². The molecule has 96 valence electrons. The van der Waals surface area contributed by atoms with Crippen LogP contribution in [-0.2, 0) is 0 Å². The van der Waals surface area contributed by atoms with Crippen LogP contribution in [0.25, 0.3) is 6.08 Å². The van der Waals surface area contributed by atoms with Crippen molar-refractivity contribution < 1.29 is 0 Å². The first-order chi connectivity index (χ1) is 9.24. The van der Waals surface area contributed by atoms with Crippen LogP contribution in [0.3, 0.4) is 0 Å². The molecule has 2 rings (SSSR count). The van der Waals surface area contributed by atoms with E-state index in [9.17, 15) is 0 Å². The molecule has 0 saturated carbocycles. The quantitative estimate of drug-likeness (QED) is 0.752. The van der Waals surface area contributed by atoms with Crippen LogP contribution in [0, 0.1) is 0 Å². The Morgan fingerprint density at radius 1 is 1.05 bits per heavy atom. The minimum absolute atomic E-state index is 0.730. The first-order valence-corrected chi connectivity index (χ1v) is 6.52. The molecule has 0 atom stereocenters. The van der Waals surface area contributed by atoms with Crippen LogP contribution < -0.4 is 5.32 Å². The summed E-state index contributed by atoms with van der Waals surface area (Å²) in [5.74, 6) is 0. The summed E-state index contributed by atoms with van der Waals surface area (Å²) in [6.07, 6.45) is 4.05. The number of rotatable bonds is 5. The molecule has 1 nitrogen and oxygen atoms in total. The van der Waals surface area contributed by atoms with Gasteiger partial charge in [0, 0.05) is 17.3 Å². The first kappa shape index (κ1) is 13.4. The van der Waals surface area contributed by atoms with E-state index in [0.717, 1.165) is 28.4 Å². The SMILES string of the molecule is C=C(C=Cc1ccc(Cl)cc1)CNc1ccccc1. The topological polar surface area (TPSA) is 12.0 Å². The van der Waals surface area contributed by atoms with Crippen LogP contribution >= 0.6 is 11.6 Å². The van der Waals surface area contributed by atoms with E-state index in [2.05, 4.69) is 11.9 Å². The summed E-state index contributed by atoms with van der Waals surface area (Å²) in [4.78, 5) is 0. The predicted molar refractivity (Wildman–Crippen MR) is 84.6 cm³/mol. The minimum Gasteiger partial charge on any atom is -0.381 e. The van der Waals surface area contributed by atoms with Crippen molar-refractivity contribution in [3.8, 4) is 0 Å². The molecular weight excluding hydrogens is 254 g/mol. The number of hydrogen-bond acceptors (Lipinski definition) is 1. The zero-order chi connectivity index (χ0) is 13.5. The normalized spacial score (nSPS) is 10.6. The fourth-order valence-corrected chi connectivity index (χ4v) is 1.74. The molecule has 1 N–H and O–H groups in total. The summed E-state index contributed by atoms with van der Waals surface area (Å²) < 4.78 is 0. The fraction of sp³-hybridized carbons (Fsp3) is 0.0588. The standard InChI is InChI=1S/C17H16ClN/c1-14(13-19-17-5-3-2-4-6-17)7-8-15-9-11-16(18)12-10-15/h2-12,19H,1,13H2. The van der Waals surface area contributed by atoms with Crippen LogP contribution in [0.2, 0.25) is 5.02 Å². The molecule has 0 radical (unpaired) electrons. The van der Waals surface area contributed by atoms with Crippen molar-refractivity contribution in [2.24, 2.45) is 0 Å². The molecule has 0 aliphatic carbocycles. The van der Waals surface area contributed by atoms with Crippen molar-refractivity contribution in [3.05, 3.63) is 83.4 Å². The Kier molecular flexibility index (Phi) is 4.82. The molecule has 0 bridgehead atoms. The molecule has 0 fully saturated rings. The van der Waals surface area contributed by atoms with Crippen molar-refractivity contribution in [3.63, 3.8) is 0 Å². The van der Waals surface area contributed by atoms with Gasteiger partial charge in [0.1, 0.15) is 0 Å². The summed E-state index contributed by atoms with van der Waals surface area (Å²) >= 11 is 5.84. The van der Waals surface area contributed by atoms with Gasteiger partial charge in [0.2, 0.25) is 0 Å². The molecule has 0 unspecified atom stereocenters. The van der Waals surface area contributed by atoms with Gasteiger partial charge < -0.3 is 5.32 Å². The van der Waals surface area contributed by atoms with Gasteiger partial charge in [-0.1, -0.05) is 60.7 Å². The summed E-state index contributed by atoms with van der Waals surface area (Å²) in [5.41, 5.74) is 3.24.